The van der Waals surface area contributed by atoms with Crippen molar-refractivity contribution in [3.63, 3.8) is 0 Å². The van der Waals surface area contributed by atoms with Gasteiger partial charge in [-0.2, -0.15) is 0 Å². The van der Waals surface area contributed by atoms with E-state index in [4.69, 9.17) is 0 Å². The van der Waals surface area contributed by atoms with Gasteiger partial charge in [0.15, 0.2) is 0 Å². The van der Waals surface area contributed by atoms with E-state index in [-0.39, 0.29) is 23.8 Å². The van der Waals surface area contributed by atoms with Crippen molar-refractivity contribution in [1.29, 1.82) is 0 Å². The third-order valence-electron chi connectivity index (χ3n) is 5.20. The Bertz CT molecular complexity index is 1030. The predicted molar refractivity (Wildman–Crippen MR) is 120 cm³/mol. The number of benzene rings is 3. The number of carbonyl (C=O) groups is 2. The van der Waals surface area contributed by atoms with Gasteiger partial charge >= 0.3 is 0 Å². The van der Waals surface area contributed by atoms with Gasteiger partial charge in [-0.1, -0.05) is 42.5 Å². The summed E-state index contributed by atoms with van der Waals surface area (Å²) < 4.78 is 0. The monoisotopic (exact) mass is 399 g/mol. The normalized spacial score (nSPS) is 13.9. The lowest BCUT2D eigenvalue weighted by molar-refractivity contribution is -0.117. The Hall–Kier alpha value is -3.60. The zero-order valence-electron chi connectivity index (χ0n) is 16.9. The average Bonchev–Trinajstić information content (AvgIpc) is 3.61. The summed E-state index contributed by atoms with van der Waals surface area (Å²) in [6, 6.07) is 24.7. The summed E-state index contributed by atoms with van der Waals surface area (Å²) in [5.41, 5.74) is 4.02. The minimum atomic E-state index is -0.171. The van der Waals surface area contributed by atoms with Crippen LogP contribution in [0.2, 0.25) is 0 Å². The van der Waals surface area contributed by atoms with Crippen molar-refractivity contribution in [1.82, 2.24) is 5.32 Å². The molecule has 0 aromatic heterocycles. The lowest BCUT2D eigenvalue weighted by Gasteiger charge is -2.17. The number of rotatable bonds is 7. The molecule has 0 radical (unpaired) electrons. The molecule has 0 aliphatic heterocycles. The van der Waals surface area contributed by atoms with Gasteiger partial charge in [-0.3, -0.25) is 9.59 Å². The molecule has 0 spiro atoms. The maximum absolute atomic E-state index is 12.9. The number of para-hydroxylation sites is 2. The Labute approximate surface area is 176 Å². The molecule has 1 unspecified atom stereocenters. The molecule has 1 saturated carbocycles. The van der Waals surface area contributed by atoms with Gasteiger partial charge in [-0.15, -0.1) is 0 Å². The molecule has 30 heavy (non-hydrogen) atoms. The first-order valence-electron chi connectivity index (χ1n) is 10.2. The van der Waals surface area contributed by atoms with Crippen molar-refractivity contribution in [3.05, 3.63) is 90.0 Å². The van der Waals surface area contributed by atoms with Gasteiger partial charge < -0.3 is 16.0 Å². The molecule has 1 aliphatic rings. The van der Waals surface area contributed by atoms with Crippen molar-refractivity contribution in [2.45, 2.75) is 25.8 Å². The quantitative estimate of drug-likeness (QED) is 0.507. The smallest absolute Gasteiger partial charge is 0.253 e. The van der Waals surface area contributed by atoms with Crippen molar-refractivity contribution in [2.24, 2.45) is 5.92 Å². The lowest BCUT2D eigenvalue weighted by atomic mass is 10.1. The Morgan fingerprint density at radius 3 is 2.20 bits per heavy atom. The highest BCUT2D eigenvalue weighted by Gasteiger charge is 2.29. The Balaban J connectivity index is 1.41. The molecule has 152 valence electrons. The van der Waals surface area contributed by atoms with Crippen molar-refractivity contribution < 1.29 is 9.59 Å². The highest BCUT2D eigenvalue weighted by Crippen LogP contribution is 2.30. The van der Waals surface area contributed by atoms with Crippen LogP contribution in [0.4, 0.5) is 17.1 Å². The molecule has 1 aliphatic carbocycles. The van der Waals surface area contributed by atoms with E-state index >= 15 is 0 Å². The molecule has 2 amide bonds. The van der Waals surface area contributed by atoms with Gasteiger partial charge in [0.1, 0.15) is 0 Å². The van der Waals surface area contributed by atoms with E-state index in [1.165, 1.54) is 0 Å². The second-order valence-electron chi connectivity index (χ2n) is 7.62. The van der Waals surface area contributed by atoms with Crippen LogP contribution in [-0.2, 0) is 4.79 Å². The SMILES string of the molecule is CC(NC(=O)c1ccccc1Nc1ccccc1)c1ccc(NC(=O)C2CC2)cc1. The predicted octanol–water partition coefficient (Wildman–Crippen LogP) is 5.27. The van der Waals surface area contributed by atoms with Gasteiger partial charge in [0.05, 0.1) is 17.3 Å². The molecule has 5 heteroatoms. The van der Waals surface area contributed by atoms with Crippen LogP contribution in [-0.4, -0.2) is 11.8 Å². The number of hydrogen-bond acceptors (Lipinski definition) is 3. The Morgan fingerprint density at radius 2 is 1.50 bits per heavy atom. The molecular weight excluding hydrogens is 374 g/mol. The van der Waals surface area contributed by atoms with E-state index in [2.05, 4.69) is 16.0 Å². The molecule has 3 N–H and O–H groups in total. The molecular formula is C25H25N3O2. The summed E-state index contributed by atoms with van der Waals surface area (Å²) in [7, 11) is 0. The lowest BCUT2D eigenvalue weighted by Crippen LogP contribution is -2.27. The highest BCUT2D eigenvalue weighted by atomic mass is 16.2. The maximum atomic E-state index is 12.9. The molecule has 4 rings (SSSR count). The third-order valence-corrected chi connectivity index (χ3v) is 5.20. The second-order valence-corrected chi connectivity index (χ2v) is 7.62. The van der Waals surface area contributed by atoms with Crippen LogP contribution in [0.3, 0.4) is 0 Å². The largest absolute Gasteiger partial charge is 0.355 e. The fourth-order valence-corrected chi connectivity index (χ4v) is 3.27. The van der Waals surface area contributed by atoms with E-state index in [1.807, 2.05) is 85.8 Å². The average molecular weight is 399 g/mol. The standard InChI is InChI=1S/C25H25N3O2/c1-17(18-13-15-21(16-14-18)28-24(29)19-11-12-19)26-25(30)22-9-5-6-10-23(22)27-20-7-3-2-4-8-20/h2-10,13-17,19,27H,11-12H2,1H3,(H,26,30)(H,28,29). The molecule has 0 bridgehead atoms. The highest BCUT2D eigenvalue weighted by molar-refractivity contribution is 6.00. The van der Waals surface area contributed by atoms with Crippen LogP contribution in [0.15, 0.2) is 78.9 Å². The van der Waals surface area contributed by atoms with Crippen LogP contribution >= 0.6 is 0 Å². The maximum Gasteiger partial charge on any atom is 0.253 e. The summed E-state index contributed by atoms with van der Waals surface area (Å²) in [6.07, 6.45) is 1.96. The van der Waals surface area contributed by atoms with Gasteiger partial charge in [0, 0.05) is 17.3 Å². The van der Waals surface area contributed by atoms with Gasteiger partial charge in [0.25, 0.3) is 5.91 Å². The number of anilines is 3. The third kappa shape index (κ3) is 4.87. The number of amides is 2. The van der Waals surface area contributed by atoms with E-state index < -0.39 is 0 Å². The van der Waals surface area contributed by atoms with Crippen molar-refractivity contribution in [2.75, 3.05) is 10.6 Å². The molecule has 1 atom stereocenters. The first-order valence-corrected chi connectivity index (χ1v) is 10.2. The molecule has 3 aromatic carbocycles. The van der Waals surface area contributed by atoms with E-state index in [0.717, 1.165) is 35.5 Å². The van der Waals surface area contributed by atoms with E-state index in [1.54, 1.807) is 0 Å². The summed E-state index contributed by atoms with van der Waals surface area (Å²) in [5, 5.41) is 9.30. The topological polar surface area (TPSA) is 70.2 Å². The molecule has 5 nitrogen and oxygen atoms in total. The second kappa shape index (κ2) is 8.82. The van der Waals surface area contributed by atoms with Gasteiger partial charge in [-0.05, 0) is 61.7 Å². The zero-order valence-corrected chi connectivity index (χ0v) is 16.9. The van der Waals surface area contributed by atoms with Crippen LogP contribution in [0.5, 0.6) is 0 Å². The zero-order chi connectivity index (χ0) is 20.9. The molecule has 0 saturated heterocycles. The van der Waals surface area contributed by atoms with Gasteiger partial charge in [0.2, 0.25) is 5.91 Å². The first kappa shape index (κ1) is 19.7. The fraction of sp³-hybridized carbons (Fsp3) is 0.200. The summed E-state index contributed by atoms with van der Waals surface area (Å²) >= 11 is 0. The van der Waals surface area contributed by atoms with Crippen molar-refractivity contribution >= 4 is 28.9 Å². The van der Waals surface area contributed by atoms with Crippen LogP contribution in [0, 0.1) is 5.92 Å². The van der Waals surface area contributed by atoms with E-state index in [9.17, 15) is 9.59 Å². The van der Waals surface area contributed by atoms with Crippen LogP contribution in [0.1, 0.15) is 41.7 Å². The van der Waals surface area contributed by atoms with Crippen LogP contribution in [0.25, 0.3) is 0 Å². The molecule has 0 heterocycles. The molecule has 3 aromatic rings. The fourth-order valence-electron chi connectivity index (χ4n) is 3.27. The first-order chi connectivity index (χ1) is 14.6. The Morgan fingerprint density at radius 1 is 0.833 bits per heavy atom. The summed E-state index contributed by atoms with van der Waals surface area (Å²) in [6.45, 7) is 1.95. The molecule has 1 fully saturated rings. The van der Waals surface area contributed by atoms with Gasteiger partial charge in [-0.25, -0.2) is 0 Å². The number of nitrogens with one attached hydrogen (secondary N) is 3. The summed E-state index contributed by atoms with van der Waals surface area (Å²) in [4.78, 5) is 24.8. The van der Waals surface area contributed by atoms with E-state index in [0.29, 0.717) is 5.56 Å². The number of carbonyl (C=O) groups excluding carboxylic acids is 2. The van der Waals surface area contributed by atoms with Crippen molar-refractivity contribution in [3.8, 4) is 0 Å². The minimum Gasteiger partial charge on any atom is -0.355 e. The Kier molecular flexibility index (Phi) is 5.80. The minimum absolute atomic E-state index is 0.0895. The van der Waals surface area contributed by atoms with Crippen LogP contribution < -0.4 is 16.0 Å². The summed E-state index contributed by atoms with van der Waals surface area (Å²) in [5.74, 6) is 0.117. The number of hydrogen-bond donors (Lipinski definition) is 3.